The number of nitrogens with two attached hydrogens (primary N) is 1. The maximum atomic E-state index is 13.0. The maximum Gasteiger partial charge on any atom is 0.274 e. The van der Waals surface area contributed by atoms with Crippen LogP contribution >= 0.6 is 0 Å². The molecule has 1 aliphatic heterocycles. The van der Waals surface area contributed by atoms with Crippen LogP contribution in [0.4, 0.5) is 0 Å². The Balaban J connectivity index is 1.63. The van der Waals surface area contributed by atoms with Crippen molar-refractivity contribution in [1.82, 2.24) is 19.0 Å². The fraction of sp³-hybridized carbons (Fsp3) is 0.647. The monoisotopic (exact) mass is 379 g/mol. The van der Waals surface area contributed by atoms with E-state index in [1.807, 2.05) is 0 Å². The zero-order valence-corrected chi connectivity index (χ0v) is 16.0. The summed E-state index contributed by atoms with van der Waals surface area (Å²) in [6, 6.07) is 1.61. The first-order valence-corrected chi connectivity index (χ1v) is 10.5. The summed E-state index contributed by atoms with van der Waals surface area (Å²) in [6.07, 6.45) is 6.30. The molecule has 4 rings (SSSR count). The van der Waals surface area contributed by atoms with E-state index in [2.05, 4.69) is 17.1 Å². The van der Waals surface area contributed by atoms with E-state index in [1.54, 1.807) is 28.2 Å². The Morgan fingerprint density at radius 2 is 2.12 bits per heavy atom. The number of nitrogens with zero attached hydrogens (tertiary/aromatic N) is 4. The fourth-order valence-corrected chi connectivity index (χ4v) is 5.38. The van der Waals surface area contributed by atoms with E-state index in [1.165, 1.54) is 0 Å². The van der Waals surface area contributed by atoms with Crippen LogP contribution in [0.5, 0.6) is 0 Å². The van der Waals surface area contributed by atoms with Crippen molar-refractivity contribution in [3.63, 3.8) is 0 Å². The third-order valence-electron chi connectivity index (χ3n) is 5.57. The summed E-state index contributed by atoms with van der Waals surface area (Å²) in [5.41, 5.74) is 6.32. The van der Waals surface area contributed by atoms with Crippen molar-refractivity contribution in [2.45, 2.75) is 49.5 Å². The predicted molar refractivity (Wildman–Crippen MR) is 95.6 cm³/mol. The second-order valence-corrected chi connectivity index (χ2v) is 9.65. The van der Waals surface area contributed by atoms with Gasteiger partial charge in [0.15, 0.2) is 5.82 Å². The summed E-state index contributed by atoms with van der Waals surface area (Å²) < 4.78 is 34.6. The molecule has 2 aromatic heterocycles. The molecule has 8 nitrogen and oxygen atoms in total. The van der Waals surface area contributed by atoms with Gasteiger partial charge in [0.25, 0.3) is 5.89 Å². The Bertz CT molecular complexity index is 913. The van der Waals surface area contributed by atoms with Gasteiger partial charge in [-0.05, 0) is 44.1 Å². The van der Waals surface area contributed by atoms with E-state index in [4.69, 9.17) is 10.3 Å². The standard InChI is InChI=1S/C17H25N5O3S/c1-12-5-3-8-22(10-12)26(23,24)13-9-14(21(2)11-13)15-19-16(20-25-15)17(18)6-4-7-17/h9,11-12H,3-8,10,18H2,1-2H3. The van der Waals surface area contributed by atoms with Crippen molar-refractivity contribution in [1.29, 1.82) is 0 Å². The van der Waals surface area contributed by atoms with Crippen molar-refractivity contribution >= 4 is 10.0 Å². The molecule has 26 heavy (non-hydrogen) atoms. The lowest BCUT2D eigenvalue weighted by Crippen LogP contribution is -2.44. The number of hydrogen-bond donors (Lipinski definition) is 1. The average molecular weight is 379 g/mol. The van der Waals surface area contributed by atoms with Gasteiger partial charge in [0.05, 0.1) is 5.54 Å². The van der Waals surface area contributed by atoms with Gasteiger partial charge >= 0.3 is 0 Å². The third kappa shape index (κ3) is 2.87. The lowest BCUT2D eigenvalue weighted by Gasteiger charge is -2.34. The molecule has 2 aromatic rings. The van der Waals surface area contributed by atoms with Gasteiger partial charge in [0.1, 0.15) is 10.6 Å². The summed E-state index contributed by atoms with van der Waals surface area (Å²) in [7, 11) is -1.75. The molecule has 142 valence electrons. The van der Waals surface area contributed by atoms with Crippen LogP contribution in [-0.2, 0) is 22.6 Å². The molecule has 9 heteroatoms. The van der Waals surface area contributed by atoms with E-state index in [0.29, 0.717) is 36.4 Å². The molecule has 1 aliphatic carbocycles. The minimum atomic E-state index is -3.52. The van der Waals surface area contributed by atoms with Gasteiger partial charge in [0, 0.05) is 26.3 Å². The van der Waals surface area contributed by atoms with Crippen molar-refractivity contribution in [3.05, 3.63) is 18.1 Å². The van der Waals surface area contributed by atoms with Gasteiger partial charge in [-0.3, -0.25) is 0 Å². The summed E-state index contributed by atoms with van der Waals surface area (Å²) in [5.74, 6) is 1.17. The lowest BCUT2D eigenvalue weighted by molar-refractivity contribution is 0.229. The molecule has 1 atom stereocenters. The second-order valence-electron chi connectivity index (χ2n) is 7.72. The molecule has 1 saturated carbocycles. The van der Waals surface area contributed by atoms with Crippen LogP contribution in [0.25, 0.3) is 11.6 Å². The zero-order valence-electron chi connectivity index (χ0n) is 15.2. The van der Waals surface area contributed by atoms with E-state index in [-0.39, 0.29) is 4.90 Å². The van der Waals surface area contributed by atoms with Gasteiger partial charge in [-0.2, -0.15) is 9.29 Å². The van der Waals surface area contributed by atoms with Gasteiger partial charge in [-0.15, -0.1) is 0 Å². The number of aryl methyl sites for hydroxylation is 1. The SMILES string of the molecule is CC1CCCN(S(=O)(=O)c2cc(-c3nc(C4(N)CCC4)no3)n(C)c2)C1. The van der Waals surface area contributed by atoms with E-state index >= 15 is 0 Å². The molecular formula is C17H25N5O3S. The molecule has 1 saturated heterocycles. The molecule has 0 bridgehead atoms. The Kier molecular flexibility index (Phi) is 4.20. The van der Waals surface area contributed by atoms with Crippen molar-refractivity contribution in [3.8, 4) is 11.6 Å². The van der Waals surface area contributed by atoms with Crippen LogP contribution in [0.2, 0.25) is 0 Å². The van der Waals surface area contributed by atoms with Gasteiger partial charge in [0.2, 0.25) is 10.0 Å². The van der Waals surface area contributed by atoms with Crippen molar-refractivity contribution in [2.24, 2.45) is 18.7 Å². The van der Waals surface area contributed by atoms with Crippen molar-refractivity contribution in [2.75, 3.05) is 13.1 Å². The number of piperidine rings is 1. The smallest absolute Gasteiger partial charge is 0.274 e. The molecule has 0 radical (unpaired) electrons. The van der Waals surface area contributed by atoms with E-state index < -0.39 is 15.6 Å². The number of rotatable bonds is 4. The Hall–Kier alpha value is -1.71. The molecule has 2 N–H and O–H groups in total. The summed E-state index contributed by atoms with van der Waals surface area (Å²) in [4.78, 5) is 4.68. The third-order valence-corrected chi connectivity index (χ3v) is 7.40. The van der Waals surface area contributed by atoms with Crippen LogP contribution in [0.1, 0.15) is 44.9 Å². The lowest BCUT2D eigenvalue weighted by atomic mass is 9.77. The van der Waals surface area contributed by atoms with Gasteiger partial charge < -0.3 is 14.8 Å². The first kappa shape index (κ1) is 17.7. The second kappa shape index (κ2) is 6.17. The number of hydrogen-bond acceptors (Lipinski definition) is 6. The molecule has 2 aliphatic rings. The summed E-state index contributed by atoms with van der Waals surface area (Å²) in [5, 5.41) is 4.01. The minimum absolute atomic E-state index is 0.259. The zero-order chi connectivity index (χ0) is 18.5. The Labute approximate surface area is 153 Å². The quantitative estimate of drug-likeness (QED) is 0.868. The molecule has 2 fully saturated rings. The Morgan fingerprint density at radius 1 is 1.35 bits per heavy atom. The van der Waals surface area contributed by atoms with Crippen LogP contribution < -0.4 is 5.73 Å². The van der Waals surface area contributed by atoms with Crippen LogP contribution in [0.3, 0.4) is 0 Å². The first-order chi connectivity index (χ1) is 12.3. The van der Waals surface area contributed by atoms with E-state index in [0.717, 1.165) is 32.1 Å². The minimum Gasteiger partial charge on any atom is -0.345 e. The molecule has 0 amide bonds. The van der Waals surface area contributed by atoms with Gasteiger partial charge in [-0.1, -0.05) is 12.1 Å². The number of aromatic nitrogens is 3. The average Bonchev–Trinajstić information content (AvgIpc) is 3.19. The highest BCUT2D eigenvalue weighted by molar-refractivity contribution is 7.89. The highest BCUT2D eigenvalue weighted by Crippen LogP contribution is 2.38. The summed E-state index contributed by atoms with van der Waals surface area (Å²) in [6.45, 7) is 3.21. The Morgan fingerprint density at radius 3 is 2.77 bits per heavy atom. The predicted octanol–water partition coefficient (Wildman–Crippen LogP) is 1.83. The van der Waals surface area contributed by atoms with Crippen molar-refractivity contribution < 1.29 is 12.9 Å². The van der Waals surface area contributed by atoms with Crippen LogP contribution in [0, 0.1) is 5.92 Å². The topological polar surface area (TPSA) is 107 Å². The highest BCUT2D eigenvalue weighted by Gasteiger charge is 2.39. The maximum absolute atomic E-state index is 13.0. The fourth-order valence-electron chi connectivity index (χ4n) is 3.71. The van der Waals surface area contributed by atoms with E-state index in [9.17, 15) is 8.42 Å². The molecular weight excluding hydrogens is 354 g/mol. The normalized spacial score (nSPS) is 23.7. The summed E-state index contributed by atoms with van der Waals surface area (Å²) >= 11 is 0. The highest BCUT2D eigenvalue weighted by atomic mass is 32.2. The molecule has 1 unspecified atom stereocenters. The molecule has 3 heterocycles. The van der Waals surface area contributed by atoms with Crippen LogP contribution in [-0.4, -0.2) is 40.5 Å². The largest absolute Gasteiger partial charge is 0.345 e. The molecule has 0 aromatic carbocycles. The first-order valence-electron chi connectivity index (χ1n) is 9.09. The molecule has 0 spiro atoms. The van der Waals surface area contributed by atoms with Crippen LogP contribution in [0.15, 0.2) is 21.7 Å². The number of sulfonamides is 1. The van der Waals surface area contributed by atoms with Gasteiger partial charge in [-0.25, -0.2) is 8.42 Å².